The van der Waals surface area contributed by atoms with Crippen LogP contribution in [0.25, 0.3) is 10.8 Å². The fourth-order valence-corrected chi connectivity index (χ4v) is 4.90. The number of Topliss-reactive ketones (excluding diaryl/α,β-unsaturated/α-hetero) is 1. The van der Waals surface area contributed by atoms with Crippen molar-refractivity contribution in [3.05, 3.63) is 83.1 Å². The SMILES string of the molecule is COc1ccc([C@@H]2C3=C(CC(C)(C)CC3=O)Nc3c2ccc2ccccc32)cc1. The molecule has 0 radical (unpaired) electrons. The zero-order valence-electron chi connectivity index (χ0n) is 17.1. The molecular formula is C26H25NO2. The van der Waals surface area contributed by atoms with E-state index >= 15 is 0 Å². The lowest BCUT2D eigenvalue weighted by Crippen LogP contribution is -2.33. The van der Waals surface area contributed by atoms with Crippen molar-refractivity contribution in [1.29, 1.82) is 0 Å². The number of allylic oxidation sites excluding steroid dienone is 2. The Morgan fingerprint density at radius 1 is 0.966 bits per heavy atom. The second-order valence-corrected chi connectivity index (χ2v) is 8.92. The standard InChI is InChI=1S/C26H25NO2/c1-26(2)14-21-24(22(28)15-26)23(17-8-11-18(29-3)12-9-17)20-13-10-16-6-4-5-7-19(16)25(20)27-21/h4-13,23,27H,14-15H2,1-3H3/t23-/m0/s1. The Labute approximate surface area is 171 Å². The maximum absolute atomic E-state index is 13.3. The number of ketones is 1. The molecule has 1 aliphatic heterocycles. The molecule has 3 nitrogen and oxygen atoms in total. The molecule has 0 amide bonds. The van der Waals surface area contributed by atoms with Crippen LogP contribution >= 0.6 is 0 Å². The van der Waals surface area contributed by atoms with Crippen molar-refractivity contribution in [1.82, 2.24) is 0 Å². The maximum atomic E-state index is 13.3. The lowest BCUT2D eigenvalue weighted by atomic mass is 9.68. The minimum absolute atomic E-state index is 0.0323. The molecule has 3 heteroatoms. The van der Waals surface area contributed by atoms with Gasteiger partial charge in [-0.15, -0.1) is 0 Å². The number of carbonyl (C=O) groups is 1. The molecule has 1 aliphatic carbocycles. The van der Waals surface area contributed by atoms with Crippen LogP contribution in [0.4, 0.5) is 5.69 Å². The number of anilines is 1. The predicted octanol–water partition coefficient (Wildman–Crippen LogP) is 6.05. The molecule has 0 fully saturated rings. The summed E-state index contributed by atoms with van der Waals surface area (Å²) in [5.74, 6) is 1.02. The van der Waals surface area contributed by atoms with Gasteiger partial charge in [0.05, 0.1) is 12.8 Å². The van der Waals surface area contributed by atoms with E-state index in [1.54, 1.807) is 7.11 Å². The summed E-state index contributed by atoms with van der Waals surface area (Å²) in [6.45, 7) is 4.36. The third-order valence-electron chi connectivity index (χ3n) is 6.21. The van der Waals surface area contributed by atoms with Gasteiger partial charge in [0.15, 0.2) is 5.78 Å². The van der Waals surface area contributed by atoms with Gasteiger partial charge in [-0.2, -0.15) is 0 Å². The molecule has 1 heterocycles. The van der Waals surface area contributed by atoms with E-state index in [2.05, 4.69) is 67.7 Å². The summed E-state index contributed by atoms with van der Waals surface area (Å²) in [4.78, 5) is 13.3. The van der Waals surface area contributed by atoms with Gasteiger partial charge >= 0.3 is 0 Å². The number of fused-ring (bicyclic) bond motifs is 3. The van der Waals surface area contributed by atoms with Crippen molar-refractivity contribution < 1.29 is 9.53 Å². The second kappa shape index (κ2) is 6.48. The molecule has 0 saturated carbocycles. The molecular weight excluding hydrogens is 358 g/mol. The van der Waals surface area contributed by atoms with Crippen molar-refractivity contribution in [3.63, 3.8) is 0 Å². The first-order valence-electron chi connectivity index (χ1n) is 10.2. The Hall–Kier alpha value is -3.07. The van der Waals surface area contributed by atoms with Crippen LogP contribution in [0, 0.1) is 5.41 Å². The highest BCUT2D eigenvalue weighted by Gasteiger charge is 2.40. The van der Waals surface area contributed by atoms with E-state index < -0.39 is 0 Å². The van der Waals surface area contributed by atoms with E-state index in [0.29, 0.717) is 6.42 Å². The first-order valence-corrected chi connectivity index (χ1v) is 10.2. The van der Waals surface area contributed by atoms with E-state index in [1.807, 2.05) is 12.1 Å². The molecule has 3 aromatic carbocycles. The van der Waals surface area contributed by atoms with Crippen molar-refractivity contribution in [2.75, 3.05) is 12.4 Å². The molecule has 3 aromatic rings. The van der Waals surface area contributed by atoms with Crippen LogP contribution in [-0.2, 0) is 4.79 Å². The Kier molecular flexibility index (Phi) is 4.02. The first kappa shape index (κ1) is 18.0. The van der Waals surface area contributed by atoms with Crippen molar-refractivity contribution in [3.8, 4) is 5.75 Å². The Balaban J connectivity index is 1.76. The quantitative estimate of drug-likeness (QED) is 0.585. The average Bonchev–Trinajstić information content (AvgIpc) is 2.71. The van der Waals surface area contributed by atoms with Crippen LogP contribution < -0.4 is 10.1 Å². The monoisotopic (exact) mass is 383 g/mol. The second-order valence-electron chi connectivity index (χ2n) is 8.92. The zero-order valence-corrected chi connectivity index (χ0v) is 17.1. The van der Waals surface area contributed by atoms with Crippen LogP contribution in [0.5, 0.6) is 5.75 Å². The molecule has 0 saturated heterocycles. The van der Waals surface area contributed by atoms with E-state index in [1.165, 1.54) is 16.3 Å². The lowest BCUT2D eigenvalue weighted by Gasteiger charge is -2.40. The van der Waals surface area contributed by atoms with E-state index in [0.717, 1.165) is 34.7 Å². The smallest absolute Gasteiger partial charge is 0.162 e. The van der Waals surface area contributed by atoms with Crippen LogP contribution in [0.15, 0.2) is 71.9 Å². The molecule has 5 rings (SSSR count). The van der Waals surface area contributed by atoms with Crippen molar-refractivity contribution in [2.24, 2.45) is 5.41 Å². The molecule has 0 unspecified atom stereocenters. The number of methoxy groups -OCH3 is 1. The van der Waals surface area contributed by atoms with Crippen LogP contribution in [-0.4, -0.2) is 12.9 Å². The summed E-state index contributed by atoms with van der Waals surface area (Å²) < 4.78 is 5.35. The normalized spacial score (nSPS) is 20.1. The van der Waals surface area contributed by atoms with Gasteiger partial charge in [0.25, 0.3) is 0 Å². The van der Waals surface area contributed by atoms with Gasteiger partial charge in [-0.25, -0.2) is 0 Å². The average molecular weight is 383 g/mol. The largest absolute Gasteiger partial charge is 0.497 e. The predicted molar refractivity (Wildman–Crippen MR) is 117 cm³/mol. The van der Waals surface area contributed by atoms with Crippen LogP contribution in [0.1, 0.15) is 43.7 Å². The molecule has 29 heavy (non-hydrogen) atoms. The van der Waals surface area contributed by atoms with Gasteiger partial charge in [0, 0.05) is 29.0 Å². The maximum Gasteiger partial charge on any atom is 0.162 e. The highest BCUT2D eigenvalue weighted by Crippen LogP contribution is 2.50. The molecule has 0 aromatic heterocycles. The highest BCUT2D eigenvalue weighted by molar-refractivity contribution is 6.05. The Bertz CT molecular complexity index is 1160. The molecule has 0 bridgehead atoms. The van der Waals surface area contributed by atoms with Crippen LogP contribution in [0.2, 0.25) is 0 Å². The minimum atomic E-state index is -0.0552. The first-order chi connectivity index (χ1) is 14.0. The number of hydrogen-bond acceptors (Lipinski definition) is 3. The molecule has 0 spiro atoms. The fraction of sp³-hybridized carbons (Fsp3) is 0.269. The Morgan fingerprint density at radius 2 is 1.72 bits per heavy atom. The number of nitrogens with one attached hydrogen (secondary N) is 1. The third kappa shape index (κ3) is 2.93. The molecule has 146 valence electrons. The lowest BCUT2D eigenvalue weighted by molar-refractivity contribution is -0.118. The van der Waals surface area contributed by atoms with Crippen LogP contribution in [0.3, 0.4) is 0 Å². The number of hydrogen-bond donors (Lipinski definition) is 1. The number of benzene rings is 3. The summed E-state index contributed by atoms with van der Waals surface area (Å²) >= 11 is 0. The van der Waals surface area contributed by atoms with Crippen molar-refractivity contribution in [2.45, 2.75) is 32.6 Å². The van der Waals surface area contributed by atoms with Gasteiger partial charge in [0.2, 0.25) is 0 Å². The van der Waals surface area contributed by atoms with E-state index in [9.17, 15) is 4.79 Å². The van der Waals surface area contributed by atoms with E-state index in [4.69, 9.17) is 4.74 Å². The molecule has 1 N–H and O–H groups in total. The number of carbonyl (C=O) groups excluding carboxylic acids is 1. The number of ether oxygens (including phenoxy) is 1. The topological polar surface area (TPSA) is 38.3 Å². The van der Waals surface area contributed by atoms with Gasteiger partial charge in [-0.3, -0.25) is 4.79 Å². The number of rotatable bonds is 2. The molecule has 2 aliphatic rings. The van der Waals surface area contributed by atoms with Gasteiger partial charge in [-0.05, 0) is 40.5 Å². The fourth-order valence-electron chi connectivity index (χ4n) is 4.90. The van der Waals surface area contributed by atoms with E-state index in [-0.39, 0.29) is 17.1 Å². The summed E-state index contributed by atoms with van der Waals surface area (Å²) in [6, 6.07) is 20.9. The summed E-state index contributed by atoms with van der Waals surface area (Å²) in [7, 11) is 1.67. The highest BCUT2D eigenvalue weighted by atomic mass is 16.5. The van der Waals surface area contributed by atoms with Gasteiger partial charge in [-0.1, -0.05) is 62.4 Å². The summed E-state index contributed by atoms with van der Waals surface area (Å²) in [5, 5.41) is 6.09. The third-order valence-corrected chi connectivity index (χ3v) is 6.21. The minimum Gasteiger partial charge on any atom is -0.497 e. The molecule has 1 atom stereocenters. The zero-order chi connectivity index (χ0) is 20.2. The van der Waals surface area contributed by atoms with Gasteiger partial charge < -0.3 is 10.1 Å². The van der Waals surface area contributed by atoms with Crippen molar-refractivity contribution >= 4 is 22.2 Å². The van der Waals surface area contributed by atoms with Gasteiger partial charge in [0.1, 0.15) is 5.75 Å². The Morgan fingerprint density at radius 3 is 2.48 bits per heavy atom. The summed E-state index contributed by atoms with van der Waals surface area (Å²) in [6.07, 6.45) is 1.46. The summed E-state index contributed by atoms with van der Waals surface area (Å²) in [5.41, 5.74) is 5.40.